The zero-order chi connectivity index (χ0) is 20.6. The molecule has 2 aliphatic heterocycles. The average Bonchev–Trinajstić information content (AvgIpc) is 3.35. The Hall–Kier alpha value is -1.57. The van der Waals surface area contributed by atoms with E-state index >= 15 is 0 Å². The second-order valence-electron chi connectivity index (χ2n) is 7.70. The van der Waals surface area contributed by atoms with Crippen molar-refractivity contribution in [3.05, 3.63) is 56.7 Å². The van der Waals surface area contributed by atoms with Gasteiger partial charge < -0.3 is 5.32 Å². The van der Waals surface area contributed by atoms with Crippen molar-refractivity contribution in [1.29, 1.82) is 0 Å². The van der Waals surface area contributed by atoms with Crippen molar-refractivity contribution in [2.45, 2.75) is 56.4 Å². The highest BCUT2D eigenvalue weighted by Gasteiger charge is 2.41. The molecular formula is C21H22ClF3N2OS. The van der Waals surface area contributed by atoms with Gasteiger partial charge >= 0.3 is 6.18 Å². The lowest BCUT2D eigenvalue weighted by molar-refractivity contribution is -0.137. The summed E-state index contributed by atoms with van der Waals surface area (Å²) in [5, 5.41) is 6.40. The van der Waals surface area contributed by atoms with Crippen molar-refractivity contribution < 1.29 is 18.0 Å². The molecule has 3 unspecified atom stereocenters. The summed E-state index contributed by atoms with van der Waals surface area (Å²) in [4.78, 5) is 15.5. The Morgan fingerprint density at radius 3 is 2.76 bits per heavy atom. The average molecular weight is 443 g/mol. The van der Waals surface area contributed by atoms with Gasteiger partial charge in [0.25, 0.3) is 5.91 Å². The van der Waals surface area contributed by atoms with Gasteiger partial charge in [-0.25, -0.2) is 0 Å². The van der Waals surface area contributed by atoms with Crippen LogP contribution >= 0.6 is 22.9 Å². The van der Waals surface area contributed by atoms with Gasteiger partial charge in [0.2, 0.25) is 0 Å². The Bertz CT molecular complexity index is 871. The molecular weight excluding hydrogens is 421 g/mol. The summed E-state index contributed by atoms with van der Waals surface area (Å²) in [5.41, 5.74) is -0.145. The van der Waals surface area contributed by atoms with Crippen LogP contribution in [-0.2, 0) is 6.18 Å². The van der Waals surface area contributed by atoms with Gasteiger partial charge in [-0.15, -0.1) is 0 Å². The van der Waals surface area contributed by atoms with Gasteiger partial charge in [0, 0.05) is 12.1 Å². The minimum absolute atomic E-state index is 0.142. The quantitative estimate of drug-likeness (QED) is 0.638. The predicted molar refractivity (Wildman–Crippen MR) is 108 cm³/mol. The van der Waals surface area contributed by atoms with Gasteiger partial charge in [-0.05, 0) is 66.8 Å². The van der Waals surface area contributed by atoms with Crippen LogP contribution in [-0.4, -0.2) is 29.4 Å². The predicted octanol–water partition coefficient (Wildman–Crippen LogP) is 5.91. The summed E-state index contributed by atoms with van der Waals surface area (Å²) in [6.45, 7) is 0.996. The SMILES string of the molecule is O=C(NC(c1ccsc1)C1CCC2CCCCN21)c1cccc(C(F)(F)F)c1Cl. The van der Waals surface area contributed by atoms with Gasteiger partial charge in [0.15, 0.2) is 0 Å². The molecule has 0 radical (unpaired) electrons. The third kappa shape index (κ3) is 4.18. The maximum Gasteiger partial charge on any atom is 0.417 e. The lowest BCUT2D eigenvalue weighted by Gasteiger charge is -2.38. The van der Waals surface area contributed by atoms with Crippen LogP contribution in [0.3, 0.4) is 0 Å². The number of hydrogen-bond acceptors (Lipinski definition) is 3. The highest BCUT2D eigenvalue weighted by molar-refractivity contribution is 7.08. The van der Waals surface area contributed by atoms with Gasteiger partial charge in [0.1, 0.15) is 0 Å². The van der Waals surface area contributed by atoms with E-state index in [0.717, 1.165) is 37.4 Å². The number of hydrogen-bond donors (Lipinski definition) is 1. The molecule has 0 aliphatic carbocycles. The van der Waals surface area contributed by atoms with Crippen molar-refractivity contribution in [3.63, 3.8) is 0 Å². The van der Waals surface area contributed by atoms with Gasteiger partial charge in [-0.1, -0.05) is 24.1 Å². The molecule has 2 saturated heterocycles. The first-order valence-electron chi connectivity index (χ1n) is 9.80. The maximum absolute atomic E-state index is 13.2. The number of nitrogens with zero attached hydrogens (tertiary/aromatic N) is 1. The van der Waals surface area contributed by atoms with Crippen LogP contribution in [0.2, 0.25) is 5.02 Å². The largest absolute Gasteiger partial charge is 0.417 e. The molecule has 156 valence electrons. The van der Waals surface area contributed by atoms with E-state index in [0.29, 0.717) is 6.04 Å². The first-order valence-corrected chi connectivity index (χ1v) is 11.1. The van der Waals surface area contributed by atoms with Gasteiger partial charge in [-0.2, -0.15) is 24.5 Å². The zero-order valence-electron chi connectivity index (χ0n) is 15.7. The van der Waals surface area contributed by atoms with E-state index in [1.165, 1.54) is 25.0 Å². The van der Waals surface area contributed by atoms with Crippen LogP contribution in [0.5, 0.6) is 0 Å². The topological polar surface area (TPSA) is 32.3 Å². The molecule has 8 heteroatoms. The number of thiophene rings is 1. The van der Waals surface area contributed by atoms with Crippen LogP contribution in [0.1, 0.15) is 59.6 Å². The third-order valence-electron chi connectivity index (χ3n) is 6.02. The molecule has 2 aliphatic rings. The molecule has 0 spiro atoms. The number of nitrogens with one attached hydrogen (secondary N) is 1. The summed E-state index contributed by atoms with van der Waals surface area (Å²) in [6.07, 6.45) is 0.972. The van der Waals surface area contributed by atoms with Crippen LogP contribution in [0.4, 0.5) is 13.2 Å². The summed E-state index contributed by atoms with van der Waals surface area (Å²) in [5.74, 6) is -0.572. The Labute approximate surface area is 176 Å². The second kappa shape index (κ2) is 8.28. The molecule has 3 atom stereocenters. The number of piperidine rings is 1. The number of halogens is 4. The van der Waals surface area contributed by atoms with E-state index < -0.39 is 22.7 Å². The van der Waals surface area contributed by atoms with Crippen LogP contribution in [0.15, 0.2) is 35.0 Å². The molecule has 4 rings (SSSR count). The molecule has 2 fully saturated rings. The first kappa shape index (κ1) is 20.7. The summed E-state index contributed by atoms with van der Waals surface area (Å²) >= 11 is 7.52. The number of benzene rings is 1. The third-order valence-corrected chi connectivity index (χ3v) is 7.13. The van der Waals surface area contributed by atoms with E-state index in [2.05, 4.69) is 10.2 Å². The summed E-state index contributed by atoms with van der Waals surface area (Å²) in [7, 11) is 0. The normalized spacial score (nSPS) is 23.6. The molecule has 1 N–H and O–H groups in total. The monoisotopic (exact) mass is 442 g/mol. The van der Waals surface area contributed by atoms with Crippen LogP contribution < -0.4 is 5.32 Å². The number of carbonyl (C=O) groups is 1. The van der Waals surface area contributed by atoms with Crippen LogP contribution in [0.25, 0.3) is 0 Å². The lowest BCUT2D eigenvalue weighted by atomic mass is 9.98. The number of carbonyl (C=O) groups excluding carboxylic acids is 1. The Morgan fingerprint density at radius 2 is 2.03 bits per heavy atom. The van der Waals surface area contributed by atoms with E-state index in [1.807, 2.05) is 16.8 Å². The lowest BCUT2D eigenvalue weighted by Crippen LogP contribution is -2.47. The Morgan fingerprint density at radius 1 is 1.21 bits per heavy atom. The number of alkyl halides is 3. The van der Waals surface area contributed by atoms with Gasteiger partial charge in [-0.3, -0.25) is 9.69 Å². The molecule has 1 aromatic heterocycles. The van der Waals surface area contributed by atoms with E-state index in [1.54, 1.807) is 11.3 Å². The smallest absolute Gasteiger partial charge is 0.344 e. The van der Waals surface area contributed by atoms with E-state index in [-0.39, 0.29) is 17.6 Å². The summed E-state index contributed by atoms with van der Waals surface area (Å²) < 4.78 is 39.6. The molecule has 29 heavy (non-hydrogen) atoms. The van der Waals surface area contributed by atoms with E-state index in [9.17, 15) is 18.0 Å². The molecule has 2 aromatic rings. The van der Waals surface area contributed by atoms with Crippen molar-refractivity contribution in [2.75, 3.05) is 6.54 Å². The molecule has 3 nitrogen and oxygen atoms in total. The zero-order valence-corrected chi connectivity index (χ0v) is 17.3. The molecule has 1 amide bonds. The number of amides is 1. The highest BCUT2D eigenvalue weighted by Crippen LogP contribution is 2.39. The van der Waals surface area contributed by atoms with Gasteiger partial charge in [0.05, 0.1) is 22.2 Å². The Balaban J connectivity index is 1.62. The minimum Gasteiger partial charge on any atom is -0.344 e. The van der Waals surface area contributed by atoms with E-state index in [4.69, 9.17) is 11.6 Å². The van der Waals surface area contributed by atoms with Crippen molar-refractivity contribution in [1.82, 2.24) is 10.2 Å². The summed E-state index contributed by atoms with van der Waals surface area (Å²) in [6, 6.07) is 5.83. The molecule has 0 bridgehead atoms. The molecule has 3 heterocycles. The molecule has 0 saturated carbocycles. The first-order chi connectivity index (χ1) is 13.9. The fraction of sp³-hybridized carbons (Fsp3) is 0.476. The fourth-order valence-corrected chi connectivity index (χ4v) is 5.67. The van der Waals surface area contributed by atoms with Crippen molar-refractivity contribution in [2.24, 2.45) is 0 Å². The standard InChI is InChI=1S/C21H22ClF3N2OS/c22-18-15(5-3-6-16(18)21(23,24)25)20(28)26-19(13-9-11-29-12-13)17-8-7-14-4-1-2-10-27(14)17/h3,5-6,9,11-12,14,17,19H,1-2,4,7-8,10H2,(H,26,28). The highest BCUT2D eigenvalue weighted by atomic mass is 35.5. The number of fused-ring (bicyclic) bond motifs is 1. The maximum atomic E-state index is 13.2. The Kier molecular flexibility index (Phi) is 5.91. The molecule has 1 aromatic carbocycles. The van der Waals surface area contributed by atoms with Crippen molar-refractivity contribution in [3.8, 4) is 0 Å². The number of rotatable bonds is 4. The fourth-order valence-electron chi connectivity index (χ4n) is 4.66. The van der Waals surface area contributed by atoms with Crippen molar-refractivity contribution >= 4 is 28.8 Å². The minimum atomic E-state index is -4.60. The van der Waals surface area contributed by atoms with Crippen LogP contribution in [0, 0.1) is 0 Å². The second-order valence-corrected chi connectivity index (χ2v) is 8.86.